The van der Waals surface area contributed by atoms with E-state index in [0.717, 1.165) is 23.3 Å². The molecule has 1 atom stereocenters. The first-order valence-corrected chi connectivity index (χ1v) is 10.4. The number of para-hydroxylation sites is 1. The van der Waals surface area contributed by atoms with Crippen molar-refractivity contribution in [3.05, 3.63) is 99.0 Å². The molecule has 0 aliphatic heterocycles. The summed E-state index contributed by atoms with van der Waals surface area (Å²) in [7, 11) is 0. The SMILES string of the molecule is CCOC(=O)/C(=N/O)C(C(=O)c1ccc(F)cc1F)c1ccc(=O)n(-c2c(C)cccc2C)c1. The van der Waals surface area contributed by atoms with E-state index in [1.807, 2.05) is 6.07 Å². The minimum absolute atomic E-state index is 0.0665. The first kappa shape index (κ1) is 24.5. The lowest BCUT2D eigenvalue weighted by molar-refractivity contribution is -0.135. The lowest BCUT2D eigenvalue weighted by Crippen LogP contribution is -2.32. The van der Waals surface area contributed by atoms with Crippen LogP contribution in [-0.4, -0.2) is 33.8 Å². The van der Waals surface area contributed by atoms with Crippen LogP contribution in [0.25, 0.3) is 5.69 Å². The Bertz CT molecular complexity index is 1330. The number of rotatable bonds is 7. The molecule has 0 fully saturated rings. The summed E-state index contributed by atoms with van der Waals surface area (Å²) in [5.74, 6) is -5.77. The summed E-state index contributed by atoms with van der Waals surface area (Å²) < 4.78 is 34.1. The fourth-order valence-electron chi connectivity index (χ4n) is 3.73. The summed E-state index contributed by atoms with van der Waals surface area (Å²) in [5, 5.41) is 12.6. The molecule has 34 heavy (non-hydrogen) atoms. The normalized spacial score (nSPS) is 12.3. The average Bonchev–Trinajstić information content (AvgIpc) is 2.78. The predicted molar refractivity (Wildman–Crippen MR) is 121 cm³/mol. The van der Waals surface area contributed by atoms with Gasteiger partial charge in [0, 0.05) is 18.3 Å². The number of oxime groups is 1. The third kappa shape index (κ3) is 4.78. The second kappa shape index (κ2) is 10.2. The molecule has 176 valence electrons. The maximum absolute atomic E-state index is 14.5. The highest BCUT2D eigenvalue weighted by Gasteiger charge is 2.35. The van der Waals surface area contributed by atoms with Crippen LogP contribution >= 0.6 is 0 Å². The number of hydrogen-bond acceptors (Lipinski definition) is 6. The van der Waals surface area contributed by atoms with E-state index in [0.29, 0.717) is 11.8 Å². The van der Waals surface area contributed by atoms with Gasteiger partial charge in [-0.05, 0) is 49.6 Å². The highest BCUT2D eigenvalue weighted by Crippen LogP contribution is 2.27. The second-order valence-corrected chi connectivity index (χ2v) is 7.54. The average molecular weight is 468 g/mol. The number of nitrogens with zero attached hydrogens (tertiary/aromatic N) is 2. The van der Waals surface area contributed by atoms with Gasteiger partial charge in [0.2, 0.25) is 0 Å². The second-order valence-electron chi connectivity index (χ2n) is 7.54. The number of Topliss-reactive ketones (excluding diaryl/α,β-unsaturated/α-hetero) is 1. The number of benzene rings is 2. The van der Waals surface area contributed by atoms with E-state index in [2.05, 4.69) is 5.16 Å². The van der Waals surface area contributed by atoms with Crippen molar-refractivity contribution in [1.82, 2.24) is 4.57 Å². The first-order chi connectivity index (χ1) is 16.2. The van der Waals surface area contributed by atoms with E-state index in [1.165, 1.54) is 29.8 Å². The van der Waals surface area contributed by atoms with Crippen molar-refractivity contribution in [2.24, 2.45) is 5.16 Å². The number of aromatic nitrogens is 1. The Morgan fingerprint density at radius 1 is 1.09 bits per heavy atom. The van der Waals surface area contributed by atoms with Gasteiger partial charge in [-0.25, -0.2) is 13.6 Å². The van der Waals surface area contributed by atoms with Crippen LogP contribution in [0.1, 0.15) is 39.9 Å². The molecule has 0 bridgehead atoms. The molecule has 0 saturated heterocycles. The van der Waals surface area contributed by atoms with Crippen LogP contribution in [0.15, 0.2) is 64.7 Å². The standard InChI is InChI=1S/C25H22F2N2O5/c1-4-34-25(32)22(28-33)21(24(31)18-10-9-17(26)12-19(18)27)16-8-11-20(30)29(13-16)23-14(2)6-5-7-15(23)3/h5-13,21,33H,4H2,1-3H3/b28-22+. The zero-order valence-corrected chi connectivity index (χ0v) is 18.7. The van der Waals surface area contributed by atoms with Crippen molar-refractivity contribution >= 4 is 17.5 Å². The van der Waals surface area contributed by atoms with Crippen molar-refractivity contribution in [3.8, 4) is 5.69 Å². The Morgan fingerprint density at radius 2 is 1.76 bits per heavy atom. The first-order valence-electron chi connectivity index (χ1n) is 10.4. The number of pyridine rings is 1. The molecule has 0 aliphatic carbocycles. The molecule has 3 rings (SSSR count). The van der Waals surface area contributed by atoms with Gasteiger partial charge < -0.3 is 9.94 Å². The van der Waals surface area contributed by atoms with E-state index < -0.39 is 46.1 Å². The molecule has 2 aromatic carbocycles. The molecule has 0 radical (unpaired) electrons. The number of aryl methyl sites for hydroxylation is 2. The quantitative estimate of drug-likeness (QED) is 0.185. The minimum Gasteiger partial charge on any atom is -0.461 e. The van der Waals surface area contributed by atoms with Crippen LogP contribution in [0.5, 0.6) is 0 Å². The summed E-state index contributed by atoms with van der Waals surface area (Å²) in [5.41, 5.74) is 0.521. The van der Waals surface area contributed by atoms with Gasteiger partial charge in [-0.1, -0.05) is 29.4 Å². The summed E-state index contributed by atoms with van der Waals surface area (Å²) in [6.07, 6.45) is 1.33. The number of halogens is 2. The zero-order valence-electron chi connectivity index (χ0n) is 18.7. The van der Waals surface area contributed by atoms with Gasteiger partial charge in [0.25, 0.3) is 5.56 Å². The van der Waals surface area contributed by atoms with Crippen molar-refractivity contribution in [1.29, 1.82) is 0 Å². The van der Waals surface area contributed by atoms with Crippen LogP contribution < -0.4 is 5.56 Å². The minimum atomic E-state index is -1.64. The maximum Gasteiger partial charge on any atom is 0.357 e. The molecular formula is C25H22F2N2O5. The molecule has 7 nitrogen and oxygen atoms in total. The number of carbonyl (C=O) groups excluding carboxylic acids is 2. The molecule has 0 saturated carbocycles. The van der Waals surface area contributed by atoms with Crippen molar-refractivity contribution in [2.75, 3.05) is 6.61 Å². The van der Waals surface area contributed by atoms with Crippen LogP contribution in [-0.2, 0) is 9.53 Å². The van der Waals surface area contributed by atoms with Gasteiger partial charge >= 0.3 is 5.97 Å². The molecule has 1 N–H and O–H groups in total. The smallest absolute Gasteiger partial charge is 0.357 e. The molecule has 0 aliphatic rings. The van der Waals surface area contributed by atoms with Gasteiger partial charge in [-0.3, -0.25) is 14.2 Å². The van der Waals surface area contributed by atoms with Crippen molar-refractivity contribution < 1.29 is 28.3 Å². The third-order valence-electron chi connectivity index (χ3n) is 5.27. The molecule has 1 aromatic heterocycles. The number of hydrogen-bond donors (Lipinski definition) is 1. The fourth-order valence-corrected chi connectivity index (χ4v) is 3.73. The highest BCUT2D eigenvalue weighted by atomic mass is 19.1. The van der Waals surface area contributed by atoms with Gasteiger partial charge in [0.05, 0.1) is 17.9 Å². The van der Waals surface area contributed by atoms with Crippen LogP contribution in [0.3, 0.4) is 0 Å². The summed E-state index contributed by atoms with van der Waals surface area (Å²) in [6.45, 7) is 5.05. The predicted octanol–water partition coefficient (Wildman–Crippen LogP) is 4.09. The fraction of sp³-hybridized carbons (Fsp3) is 0.200. The van der Waals surface area contributed by atoms with E-state index >= 15 is 0 Å². The van der Waals surface area contributed by atoms with E-state index in [4.69, 9.17) is 4.74 Å². The van der Waals surface area contributed by atoms with Crippen molar-refractivity contribution in [3.63, 3.8) is 0 Å². The van der Waals surface area contributed by atoms with Crippen molar-refractivity contribution in [2.45, 2.75) is 26.7 Å². The Balaban J connectivity index is 2.26. The number of esters is 1. The van der Waals surface area contributed by atoms with Crippen LogP contribution in [0.2, 0.25) is 0 Å². The zero-order chi connectivity index (χ0) is 25.0. The monoisotopic (exact) mass is 468 g/mol. The Kier molecular flexibility index (Phi) is 7.35. The molecular weight excluding hydrogens is 446 g/mol. The molecule has 9 heteroatoms. The topological polar surface area (TPSA) is 98.0 Å². The number of carbonyl (C=O) groups is 2. The molecule has 0 spiro atoms. The number of ether oxygens (including phenoxy) is 1. The third-order valence-corrected chi connectivity index (χ3v) is 5.27. The van der Waals surface area contributed by atoms with Gasteiger partial charge in [0.15, 0.2) is 11.5 Å². The number of ketones is 1. The molecule has 3 aromatic rings. The molecule has 0 amide bonds. The van der Waals surface area contributed by atoms with Crippen LogP contribution in [0.4, 0.5) is 8.78 Å². The summed E-state index contributed by atoms with van der Waals surface area (Å²) >= 11 is 0. The lowest BCUT2D eigenvalue weighted by atomic mass is 9.87. The maximum atomic E-state index is 14.5. The van der Waals surface area contributed by atoms with Crippen LogP contribution in [0, 0.1) is 25.5 Å². The lowest BCUT2D eigenvalue weighted by Gasteiger charge is -2.19. The van der Waals surface area contributed by atoms with Gasteiger partial charge in [0.1, 0.15) is 17.6 Å². The van der Waals surface area contributed by atoms with E-state index in [-0.39, 0.29) is 12.2 Å². The largest absolute Gasteiger partial charge is 0.461 e. The van der Waals surface area contributed by atoms with Gasteiger partial charge in [-0.2, -0.15) is 0 Å². The van der Waals surface area contributed by atoms with E-state index in [1.54, 1.807) is 26.0 Å². The molecule has 1 unspecified atom stereocenters. The van der Waals surface area contributed by atoms with E-state index in [9.17, 15) is 28.4 Å². The summed E-state index contributed by atoms with van der Waals surface area (Å²) in [4.78, 5) is 38.6. The Hall–Kier alpha value is -4.14. The Labute approximate surface area is 193 Å². The Morgan fingerprint density at radius 3 is 2.35 bits per heavy atom. The summed E-state index contributed by atoms with van der Waals surface area (Å²) in [6, 6.07) is 10.2. The highest BCUT2D eigenvalue weighted by molar-refractivity contribution is 6.43. The molecule has 1 heterocycles. The van der Waals surface area contributed by atoms with Gasteiger partial charge in [-0.15, -0.1) is 0 Å².